The van der Waals surface area contributed by atoms with E-state index in [0.29, 0.717) is 34.0 Å². The molecule has 0 atom stereocenters. The van der Waals surface area contributed by atoms with Gasteiger partial charge in [0, 0.05) is 16.8 Å². The third kappa shape index (κ3) is 4.72. The molecular weight excluding hydrogens is 415 g/mol. The number of benzene rings is 2. The predicted molar refractivity (Wildman–Crippen MR) is 120 cm³/mol. The largest absolute Gasteiger partial charge is 0.462 e. The van der Waals surface area contributed by atoms with Gasteiger partial charge in [0.05, 0.1) is 17.7 Å². The number of fused-ring (bicyclic) bond motifs is 1. The van der Waals surface area contributed by atoms with Gasteiger partial charge < -0.3 is 10.1 Å². The lowest BCUT2D eigenvalue weighted by molar-refractivity contribution is 0.0526. The smallest absolute Gasteiger partial charge is 0.338 e. The molecule has 1 N–H and O–H groups in total. The number of amides is 1. The van der Waals surface area contributed by atoms with E-state index in [9.17, 15) is 14.0 Å². The first kappa shape index (κ1) is 20.9. The topological polar surface area (TPSA) is 67.8 Å². The van der Waals surface area contributed by atoms with Crippen molar-refractivity contribution in [3.05, 3.63) is 81.5 Å². The maximum absolute atomic E-state index is 13.4. The summed E-state index contributed by atoms with van der Waals surface area (Å²) in [4.78, 5) is 30.6. The van der Waals surface area contributed by atoms with Crippen LogP contribution in [0.3, 0.4) is 0 Å². The molecule has 2 aromatic carbocycles. The molecule has 0 radical (unpaired) electrons. The molecule has 1 aromatic heterocycles. The average molecular weight is 437 g/mol. The molecule has 0 fully saturated rings. The zero-order chi connectivity index (χ0) is 21.8. The minimum Gasteiger partial charge on any atom is -0.462 e. The van der Waals surface area contributed by atoms with E-state index in [-0.39, 0.29) is 11.7 Å². The summed E-state index contributed by atoms with van der Waals surface area (Å²) >= 11 is 1.51. The van der Waals surface area contributed by atoms with E-state index in [0.717, 1.165) is 24.8 Å². The van der Waals surface area contributed by atoms with Crippen molar-refractivity contribution in [3.63, 3.8) is 0 Å². The molecule has 0 saturated heterocycles. The predicted octanol–water partition coefficient (Wildman–Crippen LogP) is 5.56. The van der Waals surface area contributed by atoms with Crippen LogP contribution in [0, 0.1) is 5.82 Å². The van der Waals surface area contributed by atoms with Gasteiger partial charge in [-0.1, -0.05) is 12.1 Å². The number of hydrogen-bond donors (Lipinski definition) is 1. The summed E-state index contributed by atoms with van der Waals surface area (Å²) in [5.74, 6) is -0.971. The molecule has 1 aliphatic carbocycles. The van der Waals surface area contributed by atoms with Crippen molar-refractivity contribution in [2.75, 3.05) is 11.9 Å². The molecule has 7 heteroatoms. The molecule has 31 heavy (non-hydrogen) atoms. The van der Waals surface area contributed by atoms with E-state index < -0.39 is 5.97 Å². The molecule has 1 aliphatic rings. The highest BCUT2D eigenvalue weighted by Gasteiger charge is 2.26. The third-order valence-electron chi connectivity index (χ3n) is 4.96. The zero-order valence-corrected chi connectivity index (χ0v) is 17.8. The fourth-order valence-corrected chi connectivity index (χ4v) is 4.76. The van der Waals surface area contributed by atoms with Crippen molar-refractivity contribution < 1.29 is 18.7 Å². The second-order valence-corrected chi connectivity index (χ2v) is 8.19. The summed E-state index contributed by atoms with van der Waals surface area (Å²) < 4.78 is 18.4. The number of ether oxygens (including phenoxy) is 1. The molecule has 0 aliphatic heterocycles. The molecule has 0 spiro atoms. The normalized spacial score (nSPS) is 12.7. The number of anilines is 1. The van der Waals surface area contributed by atoms with Gasteiger partial charge in [0.15, 0.2) is 0 Å². The Morgan fingerprint density at radius 1 is 1.19 bits per heavy atom. The summed E-state index contributed by atoms with van der Waals surface area (Å²) in [6, 6.07) is 12.7. The van der Waals surface area contributed by atoms with Crippen molar-refractivity contribution in [1.29, 1.82) is 0 Å². The average Bonchev–Trinajstić information content (AvgIpc) is 3.34. The maximum atomic E-state index is 13.4. The summed E-state index contributed by atoms with van der Waals surface area (Å²) in [5.41, 5.74) is 3.25. The van der Waals surface area contributed by atoms with Crippen LogP contribution in [0.15, 0.2) is 53.5 Å². The summed E-state index contributed by atoms with van der Waals surface area (Å²) in [6.45, 7) is 2.06. The first-order chi connectivity index (χ1) is 15.0. The van der Waals surface area contributed by atoms with Gasteiger partial charge >= 0.3 is 5.97 Å². The number of esters is 1. The van der Waals surface area contributed by atoms with Gasteiger partial charge in [-0.05, 0) is 73.7 Å². The van der Waals surface area contributed by atoms with Crippen LogP contribution in [0.2, 0.25) is 0 Å². The van der Waals surface area contributed by atoms with Crippen LogP contribution in [0.4, 0.5) is 15.1 Å². The quantitative estimate of drug-likeness (QED) is 0.407. The molecule has 1 amide bonds. The highest BCUT2D eigenvalue weighted by Crippen LogP contribution is 2.41. The van der Waals surface area contributed by atoms with Gasteiger partial charge in [-0.25, -0.2) is 14.2 Å². The van der Waals surface area contributed by atoms with Crippen LogP contribution in [0.25, 0.3) is 0 Å². The van der Waals surface area contributed by atoms with E-state index in [1.165, 1.54) is 28.3 Å². The lowest BCUT2D eigenvalue weighted by atomic mass is 10.1. The maximum Gasteiger partial charge on any atom is 0.338 e. The van der Waals surface area contributed by atoms with Crippen molar-refractivity contribution in [1.82, 2.24) is 0 Å². The van der Waals surface area contributed by atoms with Gasteiger partial charge in [0.25, 0.3) is 5.91 Å². The molecule has 0 saturated carbocycles. The molecule has 158 valence electrons. The molecule has 0 unspecified atom stereocenters. The standard InChI is InChI=1S/C24H21FN2O3S/c1-2-30-24(29)16-9-11-18(12-10-16)27-22(28)21-19-7-4-8-20(19)31-23(21)26-14-15-5-3-6-17(25)13-15/h3,5-6,9-14H,2,4,7-8H2,1H3,(H,27,28). The van der Waals surface area contributed by atoms with Gasteiger partial charge in [0.1, 0.15) is 10.8 Å². The number of nitrogens with zero attached hydrogens (tertiary/aromatic N) is 1. The monoisotopic (exact) mass is 436 g/mol. The van der Waals surface area contributed by atoms with Crippen molar-refractivity contribution in [2.24, 2.45) is 4.99 Å². The Bertz CT molecular complexity index is 1150. The number of carbonyl (C=O) groups excluding carboxylic acids is 2. The van der Waals surface area contributed by atoms with Gasteiger partial charge in [-0.3, -0.25) is 4.79 Å². The number of aryl methyl sites for hydroxylation is 1. The fourth-order valence-electron chi connectivity index (χ4n) is 3.53. The SMILES string of the molecule is CCOC(=O)c1ccc(NC(=O)c2c(N=Cc3cccc(F)c3)sc3c2CCC3)cc1. The van der Waals surface area contributed by atoms with Crippen LogP contribution in [0.1, 0.15) is 50.1 Å². The molecule has 4 rings (SSSR count). The van der Waals surface area contributed by atoms with Crippen LogP contribution in [-0.4, -0.2) is 24.7 Å². The first-order valence-corrected chi connectivity index (χ1v) is 10.9. The molecule has 5 nitrogen and oxygen atoms in total. The number of carbonyl (C=O) groups is 2. The number of rotatable bonds is 6. The lowest BCUT2D eigenvalue weighted by Crippen LogP contribution is -2.13. The van der Waals surface area contributed by atoms with Crippen LogP contribution in [0.5, 0.6) is 0 Å². The Balaban J connectivity index is 1.57. The van der Waals surface area contributed by atoms with E-state index in [1.54, 1.807) is 49.5 Å². The van der Waals surface area contributed by atoms with Crippen molar-refractivity contribution >= 4 is 40.1 Å². The van der Waals surface area contributed by atoms with E-state index >= 15 is 0 Å². The Morgan fingerprint density at radius 3 is 2.74 bits per heavy atom. The second-order valence-electron chi connectivity index (χ2n) is 7.10. The second kappa shape index (κ2) is 9.22. The Hall–Kier alpha value is -3.32. The highest BCUT2D eigenvalue weighted by atomic mass is 32.1. The number of nitrogens with one attached hydrogen (secondary N) is 1. The Kier molecular flexibility index (Phi) is 6.23. The molecular formula is C24H21FN2O3S. The number of aliphatic imine (C=N–C) groups is 1. The third-order valence-corrected chi connectivity index (χ3v) is 6.16. The van der Waals surface area contributed by atoms with E-state index in [4.69, 9.17) is 4.74 Å². The van der Waals surface area contributed by atoms with Crippen LogP contribution < -0.4 is 5.32 Å². The van der Waals surface area contributed by atoms with Crippen molar-refractivity contribution in [3.8, 4) is 0 Å². The van der Waals surface area contributed by atoms with Gasteiger partial charge in [-0.15, -0.1) is 11.3 Å². The Morgan fingerprint density at radius 2 is 2.00 bits per heavy atom. The fraction of sp³-hybridized carbons (Fsp3) is 0.208. The lowest BCUT2D eigenvalue weighted by Gasteiger charge is -2.08. The number of thiophene rings is 1. The van der Waals surface area contributed by atoms with Crippen LogP contribution in [-0.2, 0) is 17.6 Å². The highest BCUT2D eigenvalue weighted by molar-refractivity contribution is 7.16. The minimum atomic E-state index is -0.398. The molecule has 3 aromatic rings. The Labute approximate surface area is 183 Å². The minimum absolute atomic E-state index is 0.241. The summed E-state index contributed by atoms with van der Waals surface area (Å²) in [7, 11) is 0. The number of halogens is 1. The van der Waals surface area contributed by atoms with E-state index in [2.05, 4.69) is 10.3 Å². The summed E-state index contributed by atoms with van der Waals surface area (Å²) in [6.07, 6.45) is 4.37. The summed E-state index contributed by atoms with van der Waals surface area (Å²) in [5, 5.41) is 3.52. The van der Waals surface area contributed by atoms with Crippen LogP contribution >= 0.6 is 11.3 Å². The molecule has 1 heterocycles. The van der Waals surface area contributed by atoms with Crippen molar-refractivity contribution in [2.45, 2.75) is 26.2 Å². The van der Waals surface area contributed by atoms with Gasteiger partial charge in [-0.2, -0.15) is 0 Å². The van der Waals surface area contributed by atoms with Gasteiger partial charge in [0.2, 0.25) is 0 Å². The number of hydrogen-bond acceptors (Lipinski definition) is 5. The zero-order valence-electron chi connectivity index (χ0n) is 17.0. The first-order valence-electron chi connectivity index (χ1n) is 10.1. The van der Waals surface area contributed by atoms with E-state index in [1.807, 2.05) is 0 Å². The molecule has 0 bridgehead atoms.